The van der Waals surface area contributed by atoms with Crippen LogP contribution in [-0.4, -0.2) is 35.8 Å². The van der Waals surface area contributed by atoms with Crippen molar-refractivity contribution in [3.8, 4) is 0 Å². The van der Waals surface area contributed by atoms with E-state index < -0.39 is 0 Å². The van der Waals surface area contributed by atoms with Gasteiger partial charge in [-0.15, -0.1) is 0 Å². The number of amides is 2. The summed E-state index contributed by atoms with van der Waals surface area (Å²) < 4.78 is 0. The number of benzene rings is 1. The molecule has 1 atom stereocenters. The van der Waals surface area contributed by atoms with Gasteiger partial charge in [0.2, 0.25) is 11.8 Å². The largest absolute Gasteiger partial charge is 0.353 e. The lowest BCUT2D eigenvalue weighted by atomic mass is 10.0. The Bertz CT molecular complexity index is 553. The van der Waals surface area contributed by atoms with E-state index in [0.717, 1.165) is 18.4 Å². The van der Waals surface area contributed by atoms with Gasteiger partial charge in [0, 0.05) is 13.1 Å². The summed E-state index contributed by atoms with van der Waals surface area (Å²) in [5.41, 5.74) is 3.88. The lowest BCUT2D eigenvalue weighted by Crippen LogP contribution is -2.56. The Hall–Kier alpha value is -1.84. The van der Waals surface area contributed by atoms with Crippen molar-refractivity contribution in [2.45, 2.75) is 38.6 Å². The molecule has 20 heavy (non-hydrogen) atoms. The van der Waals surface area contributed by atoms with E-state index in [1.54, 1.807) is 11.8 Å². The van der Waals surface area contributed by atoms with Crippen molar-refractivity contribution in [2.24, 2.45) is 0 Å². The molecule has 1 fully saturated rings. The Balaban J connectivity index is 1.71. The molecule has 0 radical (unpaired) electrons. The van der Waals surface area contributed by atoms with Crippen molar-refractivity contribution in [3.63, 3.8) is 0 Å². The van der Waals surface area contributed by atoms with E-state index in [-0.39, 0.29) is 17.9 Å². The number of carbonyl (C=O) groups excluding carboxylic acids is 2. The van der Waals surface area contributed by atoms with Gasteiger partial charge in [-0.2, -0.15) is 0 Å². The fourth-order valence-electron chi connectivity index (χ4n) is 3.13. The first-order chi connectivity index (χ1) is 9.65. The van der Waals surface area contributed by atoms with Crippen LogP contribution in [0.2, 0.25) is 0 Å². The van der Waals surface area contributed by atoms with E-state index >= 15 is 0 Å². The van der Waals surface area contributed by atoms with E-state index in [4.69, 9.17) is 0 Å². The van der Waals surface area contributed by atoms with Crippen LogP contribution >= 0.6 is 0 Å². The van der Waals surface area contributed by atoms with Gasteiger partial charge in [-0.25, -0.2) is 0 Å². The number of piperazine rings is 1. The Morgan fingerprint density at radius 1 is 1.35 bits per heavy atom. The molecule has 0 bridgehead atoms. The molecule has 1 unspecified atom stereocenters. The summed E-state index contributed by atoms with van der Waals surface area (Å²) in [4.78, 5) is 25.7. The third kappa shape index (κ3) is 2.42. The van der Waals surface area contributed by atoms with Gasteiger partial charge in [0.25, 0.3) is 0 Å². The summed E-state index contributed by atoms with van der Waals surface area (Å²) in [5, 5.41) is 2.78. The molecule has 1 aliphatic heterocycles. The smallest absolute Gasteiger partial charge is 0.242 e. The summed E-state index contributed by atoms with van der Waals surface area (Å²) in [6.07, 6.45) is 3.90. The molecule has 4 heteroatoms. The van der Waals surface area contributed by atoms with E-state index in [1.807, 2.05) is 0 Å². The summed E-state index contributed by atoms with van der Waals surface area (Å²) in [6, 6.07) is 6.01. The normalized spacial score (nSPS) is 21.6. The van der Waals surface area contributed by atoms with E-state index in [2.05, 4.69) is 23.5 Å². The van der Waals surface area contributed by atoms with Crippen molar-refractivity contribution in [1.29, 1.82) is 0 Å². The van der Waals surface area contributed by atoms with Gasteiger partial charge in [-0.3, -0.25) is 9.59 Å². The van der Waals surface area contributed by atoms with Gasteiger partial charge in [0.15, 0.2) is 0 Å². The fourth-order valence-corrected chi connectivity index (χ4v) is 3.13. The van der Waals surface area contributed by atoms with Gasteiger partial charge in [-0.05, 0) is 42.9 Å². The Morgan fingerprint density at radius 3 is 3.00 bits per heavy atom. The summed E-state index contributed by atoms with van der Waals surface area (Å²) >= 11 is 0. The van der Waals surface area contributed by atoms with Crippen LogP contribution in [0.15, 0.2) is 18.2 Å². The second-order valence-electron chi connectivity index (χ2n) is 5.69. The van der Waals surface area contributed by atoms with Crippen LogP contribution in [0.1, 0.15) is 30.0 Å². The maximum Gasteiger partial charge on any atom is 0.242 e. The minimum Gasteiger partial charge on any atom is -0.353 e. The molecular weight excluding hydrogens is 252 g/mol. The summed E-state index contributed by atoms with van der Waals surface area (Å²) in [7, 11) is 0. The predicted molar refractivity (Wildman–Crippen MR) is 76.4 cm³/mol. The molecule has 0 saturated carbocycles. The first-order valence-electron chi connectivity index (χ1n) is 7.33. The van der Waals surface area contributed by atoms with E-state index in [1.165, 1.54) is 17.5 Å². The highest BCUT2D eigenvalue weighted by Crippen LogP contribution is 2.23. The van der Waals surface area contributed by atoms with Gasteiger partial charge in [0.05, 0.1) is 6.42 Å². The number of nitrogens with one attached hydrogen (secondary N) is 1. The zero-order valence-corrected chi connectivity index (χ0v) is 11.8. The lowest BCUT2D eigenvalue weighted by Gasteiger charge is -2.33. The summed E-state index contributed by atoms with van der Waals surface area (Å²) in [5.74, 6) is -0.0103. The highest BCUT2D eigenvalue weighted by Gasteiger charge is 2.29. The number of nitrogens with zero attached hydrogens (tertiary/aromatic N) is 1. The van der Waals surface area contributed by atoms with Crippen LogP contribution in [0.25, 0.3) is 0 Å². The van der Waals surface area contributed by atoms with Crippen molar-refractivity contribution in [2.75, 3.05) is 13.1 Å². The molecule has 0 aromatic heterocycles. The molecule has 1 N–H and O–H groups in total. The topological polar surface area (TPSA) is 49.4 Å². The maximum absolute atomic E-state index is 12.4. The zero-order valence-electron chi connectivity index (χ0n) is 11.8. The molecular formula is C16H20N2O2. The molecule has 1 aromatic carbocycles. The Labute approximate surface area is 119 Å². The molecule has 106 valence electrons. The Morgan fingerprint density at radius 2 is 2.15 bits per heavy atom. The highest BCUT2D eigenvalue weighted by molar-refractivity contribution is 5.89. The van der Waals surface area contributed by atoms with Crippen LogP contribution in [0.3, 0.4) is 0 Å². The van der Waals surface area contributed by atoms with Crippen LogP contribution in [0, 0.1) is 0 Å². The van der Waals surface area contributed by atoms with Crippen molar-refractivity contribution < 1.29 is 9.59 Å². The third-order valence-electron chi connectivity index (χ3n) is 4.34. The first kappa shape index (κ1) is 13.2. The lowest BCUT2D eigenvalue weighted by molar-refractivity contribution is -0.142. The average molecular weight is 272 g/mol. The second-order valence-corrected chi connectivity index (χ2v) is 5.69. The second kappa shape index (κ2) is 5.27. The monoisotopic (exact) mass is 272 g/mol. The van der Waals surface area contributed by atoms with Crippen LogP contribution < -0.4 is 5.32 Å². The SMILES string of the molecule is CC1C(=O)NCCN1C(=O)Cc1ccc2c(c1)CCC2. The minimum atomic E-state index is -0.356. The van der Waals surface area contributed by atoms with Gasteiger partial charge in [-0.1, -0.05) is 18.2 Å². The van der Waals surface area contributed by atoms with Crippen molar-refractivity contribution in [3.05, 3.63) is 34.9 Å². The molecule has 1 aliphatic carbocycles. The Kier molecular flexibility index (Phi) is 3.47. The number of hydrogen-bond acceptors (Lipinski definition) is 2. The quantitative estimate of drug-likeness (QED) is 0.875. The predicted octanol–water partition coefficient (Wildman–Crippen LogP) is 1.06. The zero-order chi connectivity index (χ0) is 14.1. The molecule has 3 rings (SSSR count). The van der Waals surface area contributed by atoms with E-state index in [9.17, 15) is 9.59 Å². The molecule has 2 aliphatic rings. The first-order valence-corrected chi connectivity index (χ1v) is 7.33. The number of hydrogen-bond donors (Lipinski definition) is 1. The number of aryl methyl sites for hydroxylation is 2. The molecule has 2 amide bonds. The number of carbonyl (C=O) groups is 2. The standard InChI is InChI=1S/C16H20N2O2/c1-11-16(20)17-7-8-18(11)15(19)10-12-5-6-13-3-2-4-14(13)9-12/h5-6,9,11H,2-4,7-8,10H2,1H3,(H,17,20). The van der Waals surface area contributed by atoms with Gasteiger partial charge < -0.3 is 10.2 Å². The van der Waals surface area contributed by atoms with Crippen molar-refractivity contribution in [1.82, 2.24) is 10.2 Å². The maximum atomic E-state index is 12.4. The van der Waals surface area contributed by atoms with Gasteiger partial charge >= 0.3 is 0 Å². The van der Waals surface area contributed by atoms with Crippen molar-refractivity contribution >= 4 is 11.8 Å². The minimum absolute atomic E-state index is 0.0466. The van der Waals surface area contributed by atoms with Gasteiger partial charge in [0.1, 0.15) is 6.04 Å². The molecule has 1 aromatic rings. The fraction of sp³-hybridized carbons (Fsp3) is 0.500. The molecule has 4 nitrogen and oxygen atoms in total. The third-order valence-corrected chi connectivity index (χ3v) is 4.34. The average Bonchev–Trinajstić information content (AvgIpc) is 2.89. The van der Waals surface area contributed by atoms with Crippen LogP contribution in [-0.2, 0) is 28.9 Å². The molecule has 1 saturated heterocycles. The van der Waals surface area contributed by atoms with E-state index in [0.29, 0.717) is 19.5 Å². The van der Waals surface area contributed by atoms with Crippen LogP contribution in [0.4, 0.5) is 0 Å². The highest BCUT2D eigenvalue weighted by atomic mass is 16.2. The molecule has 1 heterocycles. The number of rotatable bonds is 2. The summed E-state index contributed by atoms with van der Waals surface area (Å²) in [6.45, 7) is 2.95. The molecule has 0 spiro atoms. The van der Waals surface area contributed by atoms with Crippen LogP contribution in [0.5, 0.6) is 0 Å². The number of fused-ring (bicyclic) bond motifs is 1.